The fraction of sp³-hybridized carbons (Fsp3) is 0.200. The van der Waals surface area contributed by atoms with Crippen LogP contribution in [0.1, 0.15) is 5.69 Å². The van der Waals surface area contributed by atoms with Crippen LogP contribution in [0.4, 0.5) is 10.1 Å². The second-order valence-corrected chi connectivity index (χ2v) is 4.22. The van der Waals surface area contributed by atoms with Crippen molar-refractivity contribution in [1.29, 1.82) is 0 Å². The van der Waals surface area contributed by atoms with Gasteiger partial charge in [-0.1, -0.05) is 5.21 Å². The van der Waals surface area contributed by atoms with Crippen LogP contribution in [0, 0.1) is 5.82 Å². The summed E-state index contributed by atoms with van der Waals surface area (Å²) in [6.45, 7) is 0.523. The van der Waals surface area contributed by atoms with Crippen LogP contribution in [-0.2, 0) is 13.6 Å². The van der Waals surface area contributed by atoms with E-state index in [0.29, 0.717) is 16.7 Å². The predicted molar refractivity (Wildman–Crippen MR) is 62.4 cm³/mol. The number of hydrogen-bond donors (Lipinski definition) is 1. The maximum Gasteiger partial charge on any atom is 0.139 e. The molecule has 0 aliphatic carbocycles. The minimum atomic E-state index is -0.288. The number of aromatic nitrogens is 3. The number of hydrogen-bond acceptors (Lipinski definition) is 3. The molecular weight excluding hydrogens is 275 g/mol. The Morgan fingerprint density at radius 1 is 1.50 bits per heavy atom. The molecule has 6 heteroatoms. The first-order chi connectivity index (χ1) is 7.65. The van der Waals surface area contributed by atoms with Crippen molar-refractivity contribution in [2.45, 2.75) is 6.54 Å². The number of rotatable bonds is 3. The summed E-state index contributed by atoms with van der Waals surface area (Å²) in [5.41, 5.74) is 1.53. The molecule has 16 heavy (non-hydrogen) atoms. The Labute approximate surface area is 101 Å². The van der Waals surface area contributed by atoms with Gasteiger partial charge in [0, 0.05) is 18.9 Å². The van der Waals surface area contributed by atoms with Crippen molar-refractivity contribution < 1.29 is 4.39 Å². The van der Waals surface area contributed by atoms with Crippen molar-refractivity contribution in [2.75, 3.05) is 5.32 Å². The summed E-state index contributed by atoms with van der Waals surface area (Å²) < 4.78 is 15.3. The molecule has 0 fully saturated rings. The van der Waals surface area contributed by atoms with Crippen molar-refractivity contribution >= 4 is 21.6 Å². The molecule has 0 unspecified atom stereocenters. The van der Waals surface area contributed by atoms with Crippen molar-refractivity contribution in [3.05, 3.63) is 40.4 Å². The third kappa shape index (κ3) is 2.57. The summed E-state index contributed by atoms with van der Waals surface area (Å²) in [6, 6.07) is 4.89. The molecule has 1 N–H and O–H groups in total. The van der Waals surface area contributed by atoms with Gasteiger partial charge in [-0.05, 0) is 34.1 Å². The van der Waals surface area contributed by atoms with E-state index < -0.39 is 0 Å². The van der Waals surface area contributed by atoms with E-state index in [9.17, 15) is 4.39 Å². The molecule has 1 aromatic heterocycles. The van der Waals surface area contributed by atoms with E-state index in [1.807, 2.05) is 6.20 Å². The monoisotopic (exact) mass is 284 g/mol. The van der Waals surface area contributed by atoms with Gasteiger partial charge in [0.1, 0.15) is 11.5 Å². The minimum absolute atomic E-state index is 0.288. The standard InChI is InChI=1S/C10H10BrFN4/c1-16-6-8(14-15-16)5-13-7-2-3-9(11)10(12)4-7/h2-4,6,13H,5H2,1H3. The molecule has 1 heterocycles. The van der Waals surface area contributed by atoms with Gasteiger partial charge in [0.25, 0.3) is 0 Å². The number of anilines is 1. The van der Waals surface area contributed by atoms with E-state index in [0.717, 1.165) is 5.69 Å². The van der Waals surface area contributed by atoms with Crippen LogP contribution >= 0.6 is 15.9 Å². The molecule has 1 aromatic carbocycles. The first kappa shape index (κ1) is 11.1. The molecule has 0 saturated heterocycles. The number of benzene rings is 1. The average molecular weight is 285 g/mol. The second kappa shape index (κ2) is 4.61. The molecule has 0 saturated carbocycles. The Morgan fingerprint density at radius 3 is 2.94 bits per heavy atom. The third-order valence-electron chi connectivity index (χ3n) is 2.04. The molecule has 2 rings (SSSR count). The summed E-state index contributed by atoms with van der Waals surface area (Å²) in [6.07, 6.45) is 1.81. The lowest BCUT2D eigenvalue weighted by molar-refractivity contribution is 0.621. The highest BCUT2D eigenvalue weighted by molar-refractivity contribution is 9.10. The highest BCUT2D eigenvalue weighted by Crippen LogP contribution is 2.19. The quantitative estimate of drug-likeness (QED) is 0.941. The number of nitrogens with zero attached hydrogens (tertiary/aromatic N) is 3. The predicted octanol–water partition coefficient (Wildman–Crippen LogP) is 2.33. The lowest BCUT2D eigenvalue weighted by Gasteiger charge is -2.04. The molecule has 0 atom stereocenters. The van der Waals surface area contributed by atoms with E-state index in [2.05, 4.69) is 31.6 Å². The lowest BCUT2D eigenvalue weighted by atomic mass is 10.3. The molecule has 0 amide bonds. The molecule has 84 valence electrons. The summed E-state index contributed by atoms with van der Waals surface area (Å²) >= 11 is 3.10. The second-order valence-electron chi connectivity index (χ2n) is 3.37. The normalized spacial score (nSPS) is 10.4. The first-order valence-electron chi connectivity index (χ1n) is 4.69. The van der Waals surface area contributed by atoms with Gasteiger partial charge in [0.05, 0.1) is 11.0 Å². The topological polar surface area (TPSA) is 42.7 Å². The Bertz CT molecular complexity index is 497. The molecule has 0 radical (unpaired) electrons. The molecule has 2 aromatic rings. The smallest absolute Gasteiger partial charge is 0.139 e. The van der Waals surface area contributed by atoms with Crippen LogP contribution in [0.2, 0.25) is 0 Å². The van der Waals surface area contributed by atoms with Crippen molar-refractivity contribution in [1.82, 2.24) is 15.0 Å². The Kier molecular flexibility index (Phi) is 3.19. The van der Waals surface area contributed by atoms with Crippen LogP contribution < -0.4 is 5.32 Å². The number of nitrogens with one attached hydrogen (secondary N) is 1. The molecule has 4 nitrogen and oxygen atoms in total. The van der Waals surface area contributed by atoms with Crippen LogP contribution in [0.5, 0.6) is 0 Å². The zero-order chi connectivity index (χ0) is 11.5. The van der Waals surface area contributed by atoms with Gasteiger partial charge in [-0.2, -0.15) is 0 Å². The summed E-state index contributed by atoms with van der Waals surface area (Å²) in [5, 5.41) is 10.8. The zero-order valence-electron chi connectivity index (χ0n) is 8.61. The highest BCUT2D eigenvalue weighted by Gasteiger charge is 2.01. The summed E-state index contributed by atoms with van der Waals surface area (Å²) in [5.74, 6) is -0.288. The first-order valence-corrected chi connectivity index (χ1v) is 5.48. The van der Waals surface area contributed by atoms with Gasteiger partial charge in [-0.15, -0.1) is 5.10 Å². The van der Waals surface area contributed by atoms with Gasteiger partial charge in [-0.25, -0.2) is 4.39 Å². The fourth-order valence-electron chi connectivity index (χ4n) is 1.28. The van der Waals surface area contributed by atoms with Crippen LogP contribution in [0.3, 0.4) is 0 Å². The average Bonchev–Trinajstić information content (AvgIpc) is 2.66. The molecule has 0 bridgehead atoms. The van der Waals surface area contributed by atoms with Gasteiger partial charge in [-0.3, -0.25) is 4.68 Å². The lowest BCUT2D eigenvalue weighted by Crippen LogP contribution is -2.00. The van der Waals surface area contributed by atoms with Crippen molar-refractivity contribution in [3.8, 4) is 0 Å². The molecule has 0 spiro atoms. The van der Waals surface area contributed by atoms with E-state index in [4.69, 9.17) is 0 Å². The summed E-state index contributed by atoms with van der Waals surface area (Å²) in [4.78, 5) is 0. The van der Waals surface area contributed by atoms with Gasteiger partial charge in [0.2, 0.25) is 0 Å². The van der Waals surface area contributed by atoms with Gasteiger partial charge < -0.3 is 5.32 Å². The zero-order valence-corrected chi connectivity index (χ0v) is 10.2. The number of halogens is 2. The highest BCUT2D eigenvalue weighted by atomic mass is 79.9. The minimum Gasteiger partial charge on any atom is -0.379 e. The largest absolute Gasteiger partial charge is 0.379 e. The van der Waals surface area contributed by atoms with E-state index in [1.54, 1.807) is 23.9 Å². The van der Waals surface area contributed by atoms with Gasteiger partial charge in [0.15, 0.2) is 0 Å². The SMILES string of the molecule is Cn1cc(CNc2ccc(Br)c(F)c2)nn1. The Balaban J connectivity index is 2.02. The van der Waals surface area contributed by atoms with Crippen molar-refractivity contribution in [2.24, 2.45) is 7.05 Å². The third-order valence-corrected chi connectivity index (χ3v) is 2.69. The molecular formula is C10H10BrFN4. The molecule has 0 aliphatic heterocycles. The number of aryl methyl sites for hydroxylation is 1. The van der Waals surface area contributed by atoms with E-state index in [-0.39, 0.29) is 5.82 Å². The maximum absolute atomic E-state index is 13.2. The summed E-state index contributed by atoms with van der Waals surface area (Å²) in [7, 11) is 1.80. The van der Waals surface area contributed by atoms with Gasteiger partial charge >= 0.3 is 0 Å². The Hall–Kier alpha value is -1.43. The van der Waals surface area contributed by atoms with Crippen molar-refractivity contribution in [3.63, 3.8) is 0 Å². The Morgan fingerprint density at radius 2 is 2.31 bits per heavy atom. The fourth-order valence-corrected chi connectivity index (χ4v) is 1.52. The van der Waals surface area contributed by atoms with E-state index in [1.165, 1.54) is 6.07 Å². The van der Waals surface area contributed by atoms with Crippen LogP contribution in [-0.4, -0.2) is 15.0 Å². The van der Waals surface area contributed by atoms with Crippen LogP contribution in [0.15, 0.2) is 28.9 Å². The molecule has 0 aliphatic rings. The van der Waals surface area contributed by atoms with Crippen LogP contribution in [0.25, 0.3) is 0 Å². The van der Waals surface area contributed by atoms with E-state index >= 15 is 0 Å². The maximum atomic E-state index is 13.2.